The Morgan fingerprint density at radius 2 is 1.43 bits per heavy atom. The fourth-order valence-electron chi connectivity index (χ4n) is 9.03. The van der Waals surface area contributed by atoms with E-state index in [4.69, 9.17) is 27.9 Å². The molecule has 0 fully saturated rings. The number of esters is 1. The maximum Gasteiger partial charge on any atom is 0.311 e. The summed E-state index contributed by atoms with van der Waals surface area (Å²) >= 11 is -2.18. The van der Waals surface area contributed by atoms with Gasteiger partial charge < -0.3 is 37.6 Å². The first-order chi connectivity index (χ1) is 37.5. The van der Waals surface area contributed by atoms with Crippen molar-refractivity contribution in [2.75, 3.05) is 89.4 Å². The number of methoxy groups -OCH3 is 1. The molecule has 0 saturated carbocycles. The first-order valence-electron chi connectivity index (χ1n) is 25.2. The molecule has 4 N–H and O–H groups in total. The molecule has 0 spiro atoms. The lowest BCUT2D eigenvalue weighted by Crippen LogP contribution is -2.35. The number of carbonyl (C=O) groups excluding carboxylic acids is 1. The number of anilines is 1. The second-order valence-electron chi connectivity index (χ2n) is 19.8. The second kappa shape index (κ2) is 28.8. The van der Waals surface area contributed by atoms with E-state index in [0.717, 1.165) is 11.1 Å². The summed E-state index contributed by atoms with van der Waals surface area (Å²) in [6.45, 7) is 11.2. The number of hydrogen-bond acceptors (Lipinski definition) is 15. The molecule has 0 saturated heterocycles. The lowest BCUT2D eigenvalue weighted by Gasteiger charge is -2.30. The van der Waals surface area contributed by atoms with Gasteiger partial charge in [-0.3, -0.25) is 18.5 Å². The first-order valence-corrected chi connectivity index (χ1v) is 31.0. The molecule has 3 aliphatic rings. The van der Waals surface area contributed by atoms with Crippen molar-refractivity contribution in [2.24, 2.45) is 0 Å². The molecule has 28 heteroatoms. The summed E-state index contributed by atoms with van der Waals surface area (Å²) in [7, 11) is -13.1. The Balaban J connectivity index is 1.47. The zero-order valence-electron chi connectivity index (χ0n) is 44.8. The highest BCUT2D eigenvalue weighted by Gasteiger charge is 2.44. The number of ether oxygens (including phenoxy) is 5. The van der Waals surface area contributed by atoms with Crippen LogP contribution in [0.15, 0.2) is 74.5 Å². The molecular weight excluding hydrogens is 1140 g/mol. The number of allylic oxidation sites excluding steroid dienone is 3. The molecule has 0 bridgehead atoms. The smallest absolute Gasteiger partial charge is 0.311 e. The van der Waals surface area contributed by atoms with E-state index in [2.05, 4.69) is 4.74 Å². The van der Waals surface area contributed by atoms with Crippen LogP contribution in [-0.2, 0) is 76.0 Å². The number of nitrogens with zero attached hydrogens (tertiary/aromatic N) is 2. The highest BCUT2D eigenvalue weighted by molar-refractivity contribution is 7.86. The molecule has 2 unspecified atom stereocenters. The lowest BCUT2D eigenvalue weighted by atomic mass is 9.77. The zero-order chi connectivity index (χ0) is 59.2. The molecule has 0 aromatic heterocycles. The summed E-state index contributed by atoms with van der Waals surface area (Å²) in [5.41, 5.74) is 1.78. The van der Waals surface area contributed by atoms with Gasteiger partial charge in [-0.05, 0) is 91.6 Å². The average Bonchev–Trinajstić information content (AvgIpc) is 3.87. The summed E-state index contributed by atoms with van der Waals surface area (Å²) in [6.07, 6.45) is 5.67. The quantitative estimate of drug-likeness (QED) is 0.00561. The van der Waals surface area contributed by atoms with Crippen molar-refractivity contribution >= 4 is 59.2 Å². The highest BCUT2D eigenvalue weighted by atomic mass is 32.2. The number of halogens is 4. The van der Waals surface area contributed by atoms with E-state index >= 15 is 0 Å². The number of carbonyl (C=O) groups is 1. The van der Waals surface area contributed by atoms with Gasteiger partial charge in [-0.2, -0.15) is 34.0 Å². The van der Waals surface area contributed by atoms with Crippen molar-refractivity contribution in [3.05, 3.63) is 106 Å². The van der Waals surface area contributed by atoms with E-state index in [1.165, 1.54) is 18.2 Å². The third kappa shape index (κ3) is 18.3. The van der Waals surface area contributed by atoms with E-state index < -0.39 is 109 Å². The molecule has 0 amide bonds. The lowest BCUT2D eigenvalue weighted by molar-refractivity contribution is -0.135. The van der Waals surface area contributed by atoms with Gasteiger partial charge in [-0.25, -0.2) is 17.6 Å². The van der Waals surface area contributed by atoms with Crippen LogP contribution in [0.25, 0.3) is 17.4 Å². The van der Waals surface area contributed by atoms with Gasteiger partial charge in [0.15, 0.2) is 34.2 Å². The monoisotopic (exact) mass is 1210 g/mol. The van der Waals surface area contributed by atoms with E-state index in [1.54, 1.807) is 25.3 Å². The van der Waals surface area contributed by atoms with Crippen LogP contribution in [0.3, 0.4) is 0 Å². The van der Waals surface area contributed by atoms with E-state index in [-0.39, 0.29) is 70.6 Å². The predicted molar refractivity (Wildman–Crippen MR) is 288 cm³/mol. The van der Waals surface area contributed by atoms with Crippen LogP contribution in [0, 0.1) is 23.3 Å². The van der Waals surface area contributed by atoms with Gasteiger partial charge in [0.1, 0.15) is 24.7 Å². The molecule has 20 nitrogen and oxygen atoms in total. The number of benzene rings is 3. The van der Waals surface area contributed by atoms with Gasteiger partial charge in [0.05, 0.1) is 56.4 Å². The Hall–Kier alpha value is -4.98. The molecule has 2 aliphatic heterocycles. The van der Waals surface area contributed by atoms with Crippen molar-refractivity contribution in [1.82, 2.24) is 4.58 Å². The van der Waals surface area contributed by atoms with Crippen LogP contribution in [0.1, 0.15) is 89.5 Å². The zero-order valence-corrected chi connectivity index (χ0v) is 48.0. The van der Waals surface area contributed by atoms with Crippen LogP contribution in [0.5, 0.6) is 5.75 Å². The van der Waals surface area contributed by atoms with Gasteiger partial charge in [0.25, 0.3) is 20.2 Å². The standard InChI is InChI=1S/C52H66F4N2O18S4/c1-51(2,3)39-33-36(75-42-32-35(15-17-38(39)42)57(20-11-31-78(62,63)64)22-23-72-26-27-74-29-28-73-25-24-71-5)12-9-13-43-52(4,19-10-30-77(60)61)40-34-37(79(65,66)67)16-18-41(40)58(43)21-8-6-7-14-44(59)76-49-45(53)47(55)50(80(68,69)70)48(56)46(49)54/h9,12-13,15-18,32-34H,6-8,10-11,14,19-31H2,1-5H3,(H3-,60,61,62,63,64,65,66,67,68,69,70)/p+1. The van der Waals surface area contributed by atoms with Gasteiger partial charge >= 0.3 is 16.1 Å². The fraction of sp³-hybridized carbons (Fsp3) is 0.500. The van der Waals surface area contributed by atoms with Crippen LogP contribution >= 0.6 is 0 Å². The van der Waals surface area contributed by atoms with Crippen molar-refractivity contribution in [3.63, 3.8) is 0 Å². The third-order valence-electron chi connectivity index (χ3n) is 12.9. The van der Waals surface area contributed by atoms with Crippen molar-refractivity contribution < 1.29 is 98.1 Å². The number of rotatable bonds is 31. The average molecular weight is 1210 g/mol. The molecule has 2 heterocycles. The molecule has 444 valence electrons. The SMILES string of the molecule is COCCOCCOCCOCC[N+](CCCS(=O)(=O)O)=c1ccc2c(C(C)(C)C)cc(C=CC=C3N(CCCCCC(=O)Oc4c(F)c(F)c(S(=O)(=O)O)c(F)c4F)c4ccc(S(=O)(=O)O)cc4C3(C)CCCS(=O)O)oc-2c1. The summed E-state index contributed by atoms with van der Waals surface area (Å²) in [5, 5.41) is 0.675. The summed E-state index contributed by atoms with van der Waals surface area (Å²) < 4.78 is 214. The van der Waals surface area contributed by atoms with Gasteiger partial charge in [0.2, 0.25) is 22.7 Å². The molecule has 2 aromatic carbocycles. The normalized spacial score (nSPS) is 16.5. The van der Waals surface area contributed by atoms with Crippen LogP contribution < -0.4 is 19.6 Å². The third-order valence-corrected chi connectivity index (χ3v) is 16.1. The first kappa shape index (κ1) is 65.8. The van der Waals surface area contributed by atoms with Crippen LogP contribution in [0.4, 0.5) is 23.2 Å². The topological polar surface area (TPSA) is 283 Å². The van der Waals surface area contributed by atoms with Crippen LogP contribution in [-0.4, -0.2) is 138 Å². The molecule has 5 rings (SSSR count). The van der Waals surface area contributed by atoms with Gasteiger partial charge in [-0.15, -0.1) is 0 Å². The summed E-state index contributed by atoms with van der Waals surface area (Å²) in [5.74, 6) is -12.6. The number of hydrogen-bond donors (Lipinski definition) is 4. The Labute approximate surface area is 465 Å². The minimum absolute atomic E-state index is 0.00300. The largest absolute Gasteiger partial charge is 0.456 e. The Morgan fingerprint density at radius 1 is 0.787 bits per heavy atom. The summed E-state index contributed by atoms with van der Waals surface area (Å²) in [6, 6.07) is 11.5. The Morgan fingerprint density at radius 3 is 2.01 bits per heavy atom. The maximum atomic E-state index is 14.6. The second-order valence-corrected chi connectivity index (χ2v) is 25.2. The van der Waals surface area contributed by atoms with Gasteiger partial charge in [0, 0.05) is 60.7 Å². The van der Waals surface area contributed by atoms with Crippen molar-refractivity contribution in [2.45, 2.75) is 93.3 Å². The Bertz CT molecular complexity index is 3280. The Kier molecular flexibility index (Phi) is 23.7. The maximum absolute atomic E-state index is 14.6. The number of unbranched alkanes of at least 4 members (excludes halogenated alkanes) is 2. The highest BCUT2D eigenvalue weighted by Crippen LogP contribution is 2.51. The minimum atomic E-state index is -5.75. The predicted octanol–water partition coefficient (Wildman–Crippen LogP) is 7.32. The number of fused-ring (bicyclic) bond motifs is 2. The molecular formula is C52H67F4N2O18S4+. The molecule has 1 aliphatic carbocycles. The summed E-state index contributed by atoms with van der Waals surface area (Å²) in [4.78, 5) is 11.8. The molecule has 2 aromatic rings. The molecule has 2 atom stereocenters. The van der Waals surface area contributed by atoms with Crippen LogP contribution in [0.2, 0.25) is 0 Å². The molecule has 80 heavy (non-hydrogen) atoms. The van der Waals surface area contributed by atoms with E-state index in [0.29, 0.717) is 73.4 Å². The van der Waals surface area contributed by atoms with E-state index in [1.807, 2.05) is 61.4 Å². The fourth-order valence-corrected chi connectivity index (χ4v) is 11.1. The van der Waals surface area contributed by atoms with E-state index in [9.17, 15) is 65.5 Å². The van der Waals surface area contributed by atoms with Crippen molar-refractivity contribution in [1.29, 1.82) is 0 Å². The van der Waals surface area contributed by atoms with Crippen molar-refractivity contribution in [3.8, 4) is 17.1 Å². The molecule has 0 radical (unpaired) electrons. The minimum Gasteiger partial charge on any atom is -0.456 e. The van der Waals surface area contributed by atoms with Gasteiger partial charge in [-0.1, -0.05) is 33.3 Å².